The Morgan fingerprint density at radius 2 is 1.72 bits per heavy atom. The maximum absolute atomic E-state index is 10.8. The summed E-state index contributed by atoms with van der Waals surface area (Å²) >= 11 is 0. The van der Waals surface area contributed by atoms with Crippen molar-refractivity contribution in [2.75, 3.05) is 0 Å². The molecule has 106 valence electrons. The first kappa shape index (κ1) is 15.4. The number of carboxylic acid groups (broad SMARTS) is 1. The van der Waals surface area contributed by atoms with Gasteiger partial charge in [0.2, 0.25) is 0 Å². The maximum Gasteiger partial charge on any atom is 0.306 e. The molecule has 0 aromatic heterocycles. The van der Waals surface area contributed by atoms with E-state index in [2.05, 4.69) is 6.92 Å². The lowest BCUT2D eigenvalue weighted by Crippen LogP contribution is -2.30. The highest BCUT2D eigenvalue weighted by Gasteiger charge is 2.46. The van der Waals surface area contributed by atoms with Crippen LogP contribution in [-0.2, 0) is 14.6 Å². The van der Waals surface area contributed by atoms with E-state index in [-0.39, 0.29) is 12.0 Å². The minimum absolute atomic E-state index is 0.00156. The SMILES string of the molecule is CCCCCCC[C@]1(C)C[C@](C)(CC(=O)O)OO1. The summed E-state index contributed by atoms with van der Waals surface area (Å²) in [5.41, 5.74) is -1.000. The molecule has 4 nitrogen and oxygen atoms in total. The molecule has 4 heteroatoms. The molecule has 0 aromatic rings. The fourth-order valence-electron chi connectivity index (χ4n) is 2.70. The van der Waals surface area contributed by atoms with Crippen molar-refractivity contribution in [1.29, 1.82) is 0 Å². The van der Waals surface area contributed by atoms with Gasteiger partial charge in [-0.2, -0.15) is 0 Å². The third-order valence-electron chi connectivity index (χ3n) is 3.53. The molecule has 1 rings (SSSR count). The van der Waals surface area contributed by atoms with Gasteiger partial charge in [0.1, 0.15) is 11.2 Å². The van der Waals surface area contributed by atoms with Crippen molar-refractivity contribution in [2.24, 2.45) is 0 Å². The van der Waals surface area contributed by atoms with E-state index in [1.807, 2.05) is 13.8 Å². The lowest BCUT2D eigenvalue weighted by Gasteiger charge is -2.21. The zero-order valence-electron chi connectivity index (χ0n) is 11.8. The zero-order valence-corrected chi connectivity index (χ0v) is 11.8. The van der Waals surface area contributed by atoms with Crippen molar-refractivity contribution in [3.05, 3.63) is 0 Å². The van der Waals surface area contributed by atoms with Gasteiger partial charge in [-0.25, -0.2) is 9.78 Å². The van der Waals surface area contributed by atoms with Crippen LogP contribution in [0.25, 0.3) is 0 Å². The van der Waals surface area contributed by atoms with Gasteiger partial charge in [-0.3, -0.25) is 4.79 Å². The highest BCUT2D eigenvalue weighted by molar-refractivity contribution is 5.68. The standard InChI is InChI=1S/C14H26O4/c1-4-5-6-7-8-9-13(2)11-14(3,18-17-13)10-12(15)16/h4-11H2,1-3H3,(H,15,16)/t13-,14+/m1/s1. The Kier molecular flexibility index (Phi) is 5.60. The van der Waals surface area contributed by atoms with Crippen LogP contribution in [0, 0.1) is 0 Å². The number of rotatable bonds is 8. The normalized spacial score (nSPS) is 31.7. The van der Waals surface area contributed by atoms with E-state index in [4.69, 9.17) is 14.9 Å². The van der Waals surface area contributed by atoms with E-state index in [0.29, 0.717) is 6.42 Å². The molecular formula is C14H26O4. The summed E-state index contributed by atoms with van der Waals surface area (Å²) in [6.45, 7) is 6.02. The molecule has 2 atom stereocenters. The lowest BCUT2D eigenvalue weighted by atomic mass is 9.85. The first-order chi connectivity index (χ1) is 8.39. The number of aliphatic carboxylic acids is 1. The van der Waals surface area contributed by atoms with Crippen LogP contribution < -0.4 is 0 Å². The van der Waals surface area contributed by atoms with Gasteiger partial charge in [-0.05, 0) is 20.3 Å². The van der Waals surface area contributed by atoms with Gasteiger partial charge in [0.05, 0.1) is 6.42 Å². The molecule has 1 aliphatic heterocycles. The summed E-state index contributed by atoms with van der Waals surface area (Å²) in [4.78, 5) is 21.4. The molecule has 18 heavy (non-hydrogen) atoms. The van der Waals surface area contributed by atoms with Crippen molar-refractivity contribution < 1.29 is 19.7 Å². The van der Waals surface area contributed by atoms with E-state index in [0.717, 1.165) is 12.8 Å². The van der Waals surface area contributed by atoms with Crippen molar-refractivity contribution in [2.45, 2.75) is 83.3 Å². The second-order valence-electron chi connectivity index (χ2n) is 5.98. The minimum Gasteiger partial charge on any atom is -0.481 e. The Labute approximate surface area is 110 Å². The second kappa shape index (κ2) is 6.53. The molecule has 0 aliphatic carbocycles. The quantitative estimate of drug-likeness (QED) is 0.533. The fraction of sp³-hybridized carbons (Fsp3) is 0.929. The maximum atomic E-state index is 10.8. The van der Waals surface area contributed by atoms with Gasteiger partial charge in [-0.1, -0.05) is 39.0 Å². The van der Waals surface area contributed by atoms with E-state index >= 15 is 0 Å². The summed E-state index contributed by atoms with van der Waals surface area (Å²) in [5.74, 6) is -0.840. The first-order valence-corrected chi connectivity index (χ1v) is 6.98. The number of hydrogen-bond acceptors (Lipinski definition) is 3. The molecule has 0 amide bonds. The number of carboxylic acids is 1. The van der Waals surface area contributed by atoms with Crippen LogP contribution >= 0.6 is 0 Å². The summed E-state index contributed by atoms with van der Waals surface area (Å²) < 4.78 is 0. The van der Waals surface area contributed by atoms with E-state index in [1.54, 1.807) is 0 Å². The number of unbranched alkanes of at least 4 members (excludes halogenated alkanes) is 4. The van der Waals surface area contributed by atoms with Gasteiger partial charge >= 0.3 is 5.97 Å². The van der Waals surface area contributed by atoms with Crippen LogP contribution in [0.4, 0.5) is 0 Å². The third kappa shape index (κ3) is 4.94. The molecule has 0 spiro atoms. The lowest BCUT2D eigenvalue weighted by molar-refractivity contribution is -0.345. The fourth-order valence-corrected chi connectivity index (χ4v) is 2.70. The molecule has 0 unspecified atom stereocenters. The van der Waals surface area contributed by atoms with E-state index in [1.165, 1.54) is 25.7 Å². The van der Waals surface area contributed by atoms with Gasteiger partial charge in [-0.15, -0.1) is 0 Å². The molecule has 0 aromatic carbocycles. The van der Waals surface area contributed by atoms with Crippen molar-refractivity contribution in [3.8, 4) is 0 Å². The Morgan fingerprint density at radius 1 is 1.11 bits per heavy atom. The number of carbonyl (C=O) groups is 1. The molecule has 0 radical (unpaired) electrons. The van der Waals surface area contributed by atoms with Crippen LogP contribution in [0.5, 0.6) is 0 Å². The highest BCUT2D eigenvalue weighted by Crippen LogP contribution is 2.40. The Hall–Kier alpha value is -0.610. The summed E-state index contributed by atoms with van der Waals surface area (Å²) in [6.07, 6.45) is 7.70. The summed E-state index contributed by atoms with van der Waals surface area (Å²) in [5, 5.41) is 8.85. The van der Waals surface area contributed by atoms with Crippen LogP contribution in [0.2, 0.25) is 0 Å². The van der Waals surface area contributed by atoms with Gasteiger partial charge in [0, 0.05) is 6.42 Å². The van der Waals surface area contributed by atoms with Gasteiger partial charge < -0.3 is 5.11 Å². The molecule has 1 N–H and O–H groups in total. The molecular weight excluding hydrogens is 232 g/mol. The van der Waals surface area contributed by atoms with Crippen molar-refractivity contribution >= 4 is 5.97 Å². The highest BCUT2D eigenvalue weighted by atomic mass is 17.2. The Balaban J connectivity index is 2.31. The van der Waals surface area contributed by atoms with Gasteiger partial charge in [0.15, 0.2) is 0 Å². The topological polar surface area (TPSA) is 55.8 Å². The average molecular weight is 258 g/mol. The zero-order chi connectivity index (χ0) is 13.6. The van der Waals surface area contributed by atoms with Crippen LogP contribution in [0.15, 0.2) is 0 Å². The summed E-state index contributed by atoms with van der Waals surface area (Å²) in [7, 11) is 0. The second-order valence-corrected chi connectivity index (χ2v) is 5.98. The monoisotopic (exact) mass is 258 g/mol. The smallest absolute Gasteiger partial charge is 0.306 e. The Morgan fingerprint density at radius 3 is 2.33 bits per heavy atom. The summed E-state index contributed by atoms with van der Waals surface area (Å²) in [6, 6.07) is 0. The van der Waals surface area contributed by atoms with E-state index < -0.39 is 11.6 Å². The molecule has 1 heterocycles. The molecule has 1 saturated heterocycles. The molecule has 1 fully saturated rings. The van der Waals surface area contributed by atoms with Crippen LogP contribution in [-0.4, -0.2) is 22.3 Å². The minimum atomic E-state index is -0.840. The molecule has 0 bridgehead atoms. The van der Waals surface area contributed by atoms with Crippen molar-refractivity contribution in [3.63, 3.8) is 0 Å². The molecule has 0 saturated carbocycles. The van der Waals surface area contributed by atoms with Crippen LogP contribution in [0.1, 0.15) is 72.1 Å². The predicted octanol–water partition coefficient (Wildman–Crippen LogP) is 3.69. The average Bonchev–Trinajstić information content (AvgIpc) is 2.54. The van der Waals surface area contributed by atoms with Crippen molar-refractivity contribution in [1.82, 2.24) is 0 Å². The number of hydrogen-bond donors (Lipinski definition) is 1. The van der Waals surface area contributed by atoms with Crippen LogP contribution in [0.3, 0.4) is 0 Å². The van der Waals surface area contributed by atoms with E-state index in [9.17, 15) is 4.79 Å². The largest absolute Gasteiger partial charge is 0.481 e. The van der Waals surface area contributed by atoms with Gasteiger partial charge in [0.25, 0.3) is 0 Å². The molecule has 1 aliphatic rings. The first-order valence-electron chi connectivity index (χ1n) is 6.98. The Bertz CT molecular complexity index is 279. The predicted molar refractivity (Wildman–Crippen MR) is 69.2 cm³/mol. The third-order valence-corrected chi connectivity index (χ3v) is 3.53.